The molecular formula is C13H15ClN2O2S. The number of thiocarbonyl (C=S) groups is 1. The van der Waals surface area contributed by atoms with Crippen LogP contribution in [-0.4, -0.2) is 23.2 Å². The number of cyclic esters (lactones) is 1. The van der Waals surface area contributed by atoms with Gasteiger partial charge in [0.15, 0.2) is 5.11 Å². The number of esters is 1. The molecule has 2 N–H and O–H groups in total. The minimum absolute atomic E-state index is 0.0688. The van der Waals surface area contributed by atoms with Crippen molar-refractivity contribution in [1.29, 1.82) is 0 Å². The van der Waals surface area contributed by atoms with E-state index in [0.717, 1.165) is 11.3 Å². The van der Waals surface area contributed by atoms with Gasteiger partial charge >= 0.3 is 5.97 Å². The molecule has 0 aromatic heterocycles. The van der Waals surface area contributed by atoms with Crippen LogP contribution in [-0.2, 0) is 9.53 Å². The smallest absolute Gasteiger partial charge is 0.329 e. The van der Waals surface area contributed by atoms with Crippen LogP contribution in [0.5, 0.6) is 0 Å². The first-order chi connectivity index (χ1) is 8.97. The molecule has 0 saturated carbocycles. The number of anilines is 1. The molecule has 1 aliphatic rings. The zero-order valence-electron chi connectivity index (χ0n) is 10.7. The Morgan fingerprint density at radius 1 is 1.53 bits per heavy atom. The van der Waals surface area contributed by atoms with Gasteiger partial charge in [0.1, 0.15) is 12.1 Å². The van der Waals surface area contributed by atoms with Crippen LogP contribution in [0.4, 0.5) is 5.69 Å². The summed E-state index contributed by atoms with van der Waals surface area (Å²) in [7, 11) is 0. The highest BCUT2D eigenvalue weighted by Gasteiger charge is 2.32. The van der Waals surface area contributed by atoms with Crippen molar-refractivity contribution in [3.63, 3.8) is 0 Å². The van der Waals surface area contributed by atoms with E-state index in [4.69, 9.17) is 28.6 Å². The Kier molecular flexibility index (Phi) is 4.27. The van der Waals surface area contributed by atoms with Gasteiger partial charge in [-0.1, -0.05) is 17.7 Å². The molecule has 0 aliphatic carbocycles. The average Bonchev–Trinajstić information content (AvgIpc) is 2.64. The van der Waals surface area contributed by atoms with Crippen LogP contribution in [0, 0.1) is 6.92 Å². The topological polar surface area (TPSA) is 50.4 Å². The summed E-state index contributed by atoms with van der Waals surface area (Å²) in [5.74, 6) is -0.264. The van der Waals surface area contributed by atoms with Gasteiger partial charge < -0.3 is 15.4 Å². The minimum Gasteiger partial charge on any atom is -0.461 e. The van der Waals surface area contributed by atoms with Gasteiger partial charge in [0.05, 0.1) is 0 Å². The van der Waals surface area contributed by atoms with Crippen LogP contribution < -0.4 is 10.6 Å². The number of rotatable bonds is 2. The van der Waals surface area contributed by atoms with Crippen LogP contribution in [0.3, 0.4) is 0 Å². The molecule has 1 aromatic carbocycles. The zero-order valence-corrected chi connectivity index (χ0v) is 12.3. The van der Waals surface area contributed by atoms with Gasteiger partial charge in [0.2, 0.25) is 0 Å². The maximum atomic E-state index is 11.5. The molecule has 2 rings (SSSR count). The van der Waals surface area contributed by atoms with E-state index in [9.17, 15) is 4.79 Å². The Labute approximate surface area is 122 Å². The molecule has 1 aliphatic heterocycles. The Hall–Kier alpha value is -1.33. The second kappa shape index (κ2) is 5.75. The predicted octanol–water partition coefficient (Wildman–Crippen LogP) is 2.64. The highest BCUT2D eigenvalue weighted by atomic mass is 35.5. The van der Waals surface area contributed by atoms with Crippen molar-refractivity contribution in [2.75, 3.05) is 5.32 Å². The molecule has 1 heterocycles. The summed E-state index contributed by atoms with van der Waals surface area (Å²) in [5.41, 5.74) is 1.74. The number of ether oxygens (including phenoxy) is 1. The molecule has 4 nitrogen and oxygen atoms in total. The molecule has 1 aromatic rings. The van der Waals surface area contributed by atoms with Gasteiger partial charge in [-0.3, -0.25) is 0 Å². The third-order valence-electron chi connectivity index (χ3n) is 2.99. The molecule has 6 heteroatoms. The van der Waals surface area contributed by atoms with Gasteiger partial charge in [-0.15, -0.1) is 0 Å². The largest absolute Gasteiger partial charge is 0.461 e. The van der Waals surface area contributed by atoms with E-state index in [1.807, 2.05) is 32.0 Å². The summed E-state index contributed by atoms with van der Waals surface area (Å²) in [5, 5.41) is 7.06. The zero-order chi connectivity index (χ0) is 14.0. The minimum atomic E-state index is -0.380. The number of benzene rings is 1. The van der Waals surface area contributed by atoms with Crippen LogP contribution in [0.25, 0.3) is 0 Å². The molecule has 0 spiro atoms. The maximum absolute atomic E-state index is 11.5. The number of nitrogens with one attached hydrogen (secondary N) is 2. The van der Waals surface area contributed by atoms with Crippen LogP contribution in [0.15, 0.2) is 18.2 Å². The van der Waals surface area contributed by atoms with Crippen molar-refractivity contribution in [1.82, 2.24) is 5.32 Å². The van der Waals surface area contributed by atoms with E-state index in [0.29, 0.717) is 16.6 Å². The van der Waals surface area contributed by atoms with Crippen molar-refractivity contribution in [3.8, 4) is 0 Å². The van der Waals surface area contributed by atoms with Gasteiger partial charge in [-0.25, -0.2) is 4.79 Å². The Morgan fingerprint density at radius 2 is 2.26 bits per heavy atom. The summed E-state index contributed by atoms with van der Waals surface area (Å²) < 4.78 is 5.06. The molecule has 19 heavy (non-hydrogen) atoms. The van der Waals surface area contributed by atoms with E-state index in [1.54, 1.807) is 0 Å². The maximum Gasteiger partial charge on any atom is 0.329 e. The Bertz CT molecular complexity index is 521. The first kappa shape index (κ1) is 14.1. The lowest BCUT2D eigenvalue weighted by molar-refractivity contribution is -0.142. The van der Waals surface area contributed by atoms with Crippen molar-refractivity contribution >= 4 is 40.6 Å². The van der Waals surface area contributed by atoms with Crippen molar-refractivity contribution < 1.29 is 9.53 Å². The molecule has 0 radical (unpaired) electrons. The summed E-state index contributed by atoms with van der Waals surface area (Å²) >= 11 is 11.2. The summed E-state index contributed by atoms with van der Waals surface area (Å²) in [6.45, 7) is 3.76. The number of halogens is 1. The molecular weight excluding hydrogens is 284 g/mol. The Morgan fingerprint density at radius 3 is 2.89 bits per heavy atom. The van der Waals surface area contributed by atoms with Crippen molar-refractivity contribution in [2.24, 2.45) is 0 Å². The molecule has 1 saturated heterocycles. The fourth-order valence-corrected chi connectivity index (χ4v) is 2.36. The average molecular weight is 299 g/mol. The predicted molar refractivity (Wildman–Crippen MR) is 79.5 cm³/mol. The molecule has 2 atom stereocenters. The van der Waals surface area contributed by atoms with Crippen molar-refractivity contribution in [3.05, 3.63) is 28.8 Å². The highest BCUT2D eigenvalue weighted by Crippen LogP contribution is 2.23. The lowest BCUT2D eigenvalue weighted by Gasteiger charge is -2.15. The van der Waals surface area contributed by atoms with E-state index < -0.39 is 0 Å². The van der Waals surface area contributed by atoms with E-state index in [1.165, 1.54) is 0 Å². The van der Waals surface area contributed by atoms with Crippen LogP contribution >= 0.6 is 23.8 Å². The first-order valence-electron chi connectivity index (χ1n) is 6.00. The highest BCUT2D eigenvalue weighted by molar-refractivity contribution is 7.80. The SMILES string of the molecule is Cc1c(Cl)cccc1NC(=S)N[C@@H]1C[C@H](C)OC1=O. The lowest BCUT2D eigenvalue weighted by atomic mass is 10.2. The third kappa shape index (κ3) is 3.36. The fourth-order valence-electron chi connectivity index (χ4n) is 1.93. The second-order valence-corrected chi connectivity index (χ2v) is 5.36. The molecule has 0 bridgehead atoms. The number of carbonyl (C=O) groups excluding carboxylic acids is 1. The number of hydrogen-bond donors (Lipinski definition) is 2. The van der Waals surface area contributed by atoms with Gasteiger partial charge in [-0.2, -0.15) is 0 Å². The van der Waals surface area contributed by atoms with E-state index in [2.05, 4.69) is 10.6 Å². The fraction of sp³-hybridized carbons (Fsp3) is 0.385. The molecule has 0 unspecified atom stereocenters. The standard InChI is InChI=1S/C13H15ClN2O2S/c1-7-6-11(12(17)18-7)16-13(19)15-10-5-3-4-9(14)8(10)2/h3-5,7,11H,6H2,1-2H3,(H2,15,16,19)/t7-,11+/m0/s1. The lowest BCUT2D eigenvalue weighted by Crippen LogP contribution is -2.40. The van der Waals surface area contributed by atoms with Gasteiger partial charge in [-0.05, 0) is 43.8 Å². The molecule has 1 fully saturated rings. The van der Waals surface area contributed by atoms with E-state index in [-0.39, 0.29) is 18.1 Å². The van der Waals surface area contributed by atoms with Crippen LogP contribution in [0.2, 0.25) is 5.02 Å². The van der Waals surface area contributed by atoms with Crippen LogP contribution in [0.1, 0.15) is 18.9 Å². The molecule has 102 valence electrons. The van der Waals surface area contributed by atoms with E-state index >= 15 is 0 Å². The summed E-state index contributed by atoms with van der Waals surface area (Å²) in [4.78, 5) is 11.5. The first-order valence-corrected chi connectivity index (χ1v) is 6.79. The van der Waals surface area contributed by atoms with Crippen molar-refractivity contribution in [2.45, 2.75) is 32.4 Å². The molecule has 0 amide bonds. The quantitative estimate of drug-likeness (QED) is 0.649. The normalized spacial score (nSPS) is 21.9. The number of carbonyl (C=O) groups is 1. The third-order valence-corrected chi connectivity index (χ3v) is 3.62. The summed E-state index contributed by atoms with van der Waals surface area (Å²) in [6.07, 6.45) is 0.551. The van der Waals surface area contributed by atoms with Gasteiger partial charge in [0, 0.05) is 17.1 Å². The monoisotopic (exact) mass is 298 g/mol. The summed E-state index contributed by atoms with van der Waals surface area (Å²) in [6, 6.07) is 5.15. The van der Waals surface area contributed by atoms with Gasteiger partial charge in [0.25, 0.3) is 0 Å². The second-order valence-electron chi connectivity index (χ2n) is 4.55. The number of hydrogen-bond acceptors (Lipinski definition) is 3. The Balaban J connectivity index is 1.98.